The van der Waals surface area contributed by atoms with Crippen molar-refractivity contribution in [1.29, 1.82) is 0 Å². The molecule has 6 N–H and O–H groups in total. The summed E-state index contributed by atoms with van der Waals surface area (Å²) in [5.74, 6) is 1.93. The van der Waals surface area contributed by atoms with Crippen molar-refractivity contribution in [3.63, 3.8) is 0 Å². The summed E-state index contributed by atoms with van der Waals surface area (Å²) in [6.45, 7) is 41.1. The van der Waals surface area contributed by atoms with E-state index in [-0.39, 0.29) is 106 Å². The lowest BCUT2D eigenvalue weighted by Gasteiger charge is -2.18. The van der Waals surface area contributed by atoms with Crippen molar-refractivity contribution in [2.75, 3.05) is 53.0 Å². The first-order valence-electron chi connectivity index (χ1n) is 42.9. The van der Waals surface area contributed by atoms with Crippen molar-refractivity contribution in [3.05, 3.63) is 253 Å². The highest BCUT2D eigenvalue weighted by atomic mass is 79.9. The molecule has 0 unspecified atom stereocenters. The van der Waals surface area contributed by atoms with E-state index in [0.717, 1.165) is 11.6 Å². The minimum atomic E-state index is -0.686. The van der Waals surface area contributed by atoms with Gasteiger partial charge in [-0.2, -0.15) is 0 Å². The molecule has 0 fully saturated rings. The van der Waals surface area contributed by atoms with Crippen LogP contribution in [0, 0.1) is 12.7 Å². The van der Waals surface area contributed by atoms with Gasteiger partial charge in [0.05, 0.1) is 74.2 Å². The first-order valence-corrected chi connectivity index (χ1v) is 46.9. The summed E-state index contributed by atoms with van der Waals surface area (Å²) in [6.07, 6.45) is -0.476. The number of carbonyl (C=O) groups is 10. The molecule has 0 spiro atoms. The Bertz CT molecular complexity index is 5570. The summed E-state index contributed by atoms with van der Waals surface area (Å²) in [7, 11) is 0. The number of rotatable bonds is 35. The first kappa shape index (κ1) is 111. The van der Waals surface area contributed by atoms with Crippen LogP contribution in [0.5, 0.6) is 63.2 Å². The molecule has 0 bridgehead atoms. The van der Waals surface area contributed by atoms with Crippen LogP contribution in [-0.2, 0) is 0 Å². The Hall–Kier alpha value is -12.0. The molecule has 10 aromatic carbocycles. The normalized spacial score (nSPS) is 10.6. The zero-order valence-corrected chi connectivity index (χ0v) is 86.7. The molecule has 134 heavy (non-hydrogen) atoms. The molecule has 0 atom stereocenters. The Balaban J connectivity index is 0.000000258. The minimum absolute atomic E-state index is 0.00371. The van der Waals surface area contributed by atoms with E-state index in [1.165, 1.54) is 58.9 Å². The van der Waals surface area contributed by atoms with Crippen LogP contribution in [0.4, 0.5) is 32.8 Å². The van der Waals surface area contributed by atoms with Crippen LogP contribution in [0.15, 0.2) is 186 Å². The highest BCUT2D eigenvalue weighted by molar-refractivity contribution is 9.11. The van der Waals surface area contributed by atoms with E-state index in [4.69, 9.17) is 47.4 Å². The van der Waals surface area contributed by atoms with Crippen molar-refractivity contribution in [1.82, 2.24) is 0 Å². The van der Waals surface area contributed by atoms with Crippen LogP contribution in [0.1, 0.15) is 255 Å². The van der Waals surface area contributed by atoms with Crippen molar-refractivity contribution in [2.45, 2.75) is 189 Å². The van der Waals surface area contributed by atoms with Crippen molar-refractivity contribution in [3.8, 4) is 63.2 Å². The van der Waals surface area contributed by atoms with Gasteiger partial charge in [-0.1, -0.05) is 0 Å². The van der Waals surface area contributed by atoms with Crippen molar-refractivity contribution in [2.24, 2.45) is 0 Å². The number of phenols is 1. The molecule has 10 aromatic rings. The van der Waals surface area contributed by atoms with Gasteiger partial charge in [0.1, 0.15) is 91.4 Å². The number of phenolic OH excluding ortho intramolecular Hbond substituents is 1. The number of Topliss-reactive ketones (excluding diaryl/α,β-unsaturated/α-hetero) is 5. The molecule has 0 aliphatic rings. The van der Waals surface area contributed by atoms with Crippen molar-refractivity contribution >= 4 is 167 Å². The maximum Gasteiger partial charge on any atom is 0.255 e. The molecule has 714 valence electrons. The maximum atomic E-state index is 14.0. The fourth-order valence-corrected chi connectivity index (χ4v) is 14.3. The first-order chi connectivity index (χ1) is 63.1. The molecule has 0 aliphatic carbocycles. The van der Waals surface area contributed by atoms with Crippen LogP contribution in [0.25, 0.3) is 0 Å². The van der Waals surface area contributed by atoms with Gasteiger partial charge in [-0.05, 0) is 395 Å². The van der Waals surface area contributed by atoms with Crippen LogP contribution < -0.4 is 74.0 Å². The molecular formula is C102H113Br5FN5O21. The van der Waals surface area contributed by atoms with Gasteiger partial charge in [-0.25, -0.2) is 4.39 Å². The van der Waals surface area contributed by atoms with Gasteiger partial charge in [0.25, 0.3) is 29.5 Å². The fourth-order valence-electron chi connectivity index (χ4n) is 12.1. The topological polar surface area (TPSA) is 343 Å². The zero-order valence-electron chi connectivity index (χ0n) is 78.8. The lowest BCUT2D eigenvalue weighted by atomic mass is 10.0. The SMILES string of the molecule is CC(=O)c1ccc(NC(=O)c2cc(OC(C)C)c(Br)c(OC(C)C)c2)cc1.CC(=O)c1ccc(NC(=O)c2cc(OC(C)C)c(Br)c(OC(C)C)c2)cc1F.CC(=O)c1ccc(NC(=O)c2cc(OC(C)C)c(Br)c(OC(C)C)c2)cc1O.CCOc1cc(C(=O)Nc2ccc(C(C)=O)c(C)c2)cc(OCC)c1Br.CCOc1cc(C(=O)Nc2ccc(C(C)=O)cc2)cc(OCC)c1Br. The number of hydrogen-bond donors (Lipinski definition) is 6. The molecule has 0 aromatic heterocycles. The third-order valence-electron chi connectivity index (χ3n) is 17.9. The predicted octanol–water partition coefficient (Wildman–Crippen LogP) is 26.0. The third kappa shape index (κ3) is 34.2. The summed E-state index contributed by atoms with van der Waals surface area (Å²) in [5.41, 5.74) is 7.16. The summed E-state index contributed by atoms with van der Waals surface area (Å²) in [6, 6.07) is 43.5. The number of carbonyl (C=O) groups excluding carboxylic acids is 10. The number of aromatic hydroxyl groups is 1. The minimum Gasteiger partial charge on any atom is -0.507 e. The van der Waals surface area contributed by atoms with E-state index in [1.807, 2.05) is 118 Å². The lowest BCUT2D eigenvalue weighted by molar-refractivity contribution is 0.100. The van der Waals surface area contributed by atoms with E-state index in [9.17, 15) is 57.4 Å². The third-order valence-corrected chi connectivity index (χ3v) is 21.8. The molecule has 0 heterocycles. The Kier molecular flexibility index (Phi) is 44.0. The Morgan fingerprint density at radius 1 is 0.276 bits per heavy atom. The Morgan fingerprint density at radius 2 is 0.485 bits per heavy atom. The second kappa shape index (κ2) is 53.2. The second-order valence-corrected chi connectivity index (χ2v) is 35.3. The van der Waals surface area contributed by atoms with E-state index in [1.54, 1.807) is 133 Å². The van der Waals surface area contributed by atoms with Gasteiger partial charge >= 0.3 is 0 Å². The lowest BCUT2D eigenvalue weighted by Crippen LogP contribution is -2.15. The van der Waals surface area contributed by atoms with Gasteiger partial charge in [0, 0.05) is 79.0 Å². The largest absolute Gasteiger partial charge is 0.507 e. The van der Waals surface area contributed by atoms with E-state index in [2.05, 4.69) is 106 Å². The zero-order chi connectivity index (χ0) is 99.8. The monoisotopic (exact) mass is 2160 g/mol. The fraction of sp³-hybridized carbons (Fsp3) is 0.314. The van der Waals surface area contributed by atoms with Gasteiger partial charge < -0.3 is 79.1 Å². The molecular weight excluding hydrogens is 2050 g/mol. The van der Waals surface area contributed by atoms with Crippen LogP contribution in [0.3, 0.4) is 0 Å². The summed E-state index contributed by atoms with van der Waals surface area (Å²) >= 11 is 17.3. The summed E-state index contributed by atoms with van der Waals surface area (Å²) in [4.78, 5) is 120. The number of hydrogen-bond acceptors (Lipinski definition) is 21. The quantitative estimate of drug-likeness (QED) is 0.0201. The molecule has 0 saturated carbocycles. The Morgan fingerprint density at radius 3 is 0.701 bits per heavy atom. The highest BCUT2D eigenvalue weighted by Crippen LogP contribution is 2.43. The van der Waals surface area contributed by atoms with Gasteiger partial charge in [0.2, 0.25) is 0 Å². The average Bonchev–Trinajstić information content (AvgIpc) is 0.821. The summed E-state index contributed by atoms with van der Waals surface area (Å²) in [5, 5.41) is 23.8. The van der Waals surface area contributed by atoms with Crippen LogP contribution in [0.2, 0.25) is 0 Å². The van der Waals surface area contributed by atoms with Gasteiger partial charge in [-0.15, -0.1) is 0 Å². The second-order valence-electron chi connectivity index (χ2n) is 31.3. The van der Waals surface area contributed by atoms with E-state index < -0.39 is 17.6 Å². The van der Waals surface area contributed by atoms with Crippen molar-refractivity contribution < 1.29 is 105 Å². The number of anilines is 5. The number of benzene rings is 10. The van der Waals surface area contributed by atoms with E-state index >= 15 is 0 Å². The standard InChI is InChI=1S/C21H23BrFNO4.C21H24BrNO5.C21H24BrNO4.C20H22BrNO4.C19H20BrNO4/c1-11(2)27-18-8-14(9-19(20(18)22)28-12(3)4)21(26)24-15-6-7-16(13(5)25)17(23)10-15;1-11(2)27-18-8-14(9-19(20(18)22)28-12(3)4)21(26)23-15-6-7-16(13(5)24)17(25)10-15;1-12(2)26-18-10-16(11-19(20(18)22)27-13(3)4)21(25)23-17-8-6-15(7-9-17)14(5)24;1-5-25-17-10-14(11-18(19(17)21)26-6-2)20(24)22-15-7-8-16(13(4)23)12(3)9-15;1-4-24-16-10-14(11-17(18(16)20)25-5-2)19(23)21-15-8-6-13(7-9-15)12(3)22/h6-12H,1-5H3,(H,24,26);6-12,25H,1-5H3,(H,23,26);6-13H,1-5H3,(H,23,25);7-11H,5-6H2,1-4H3,(H,22,24);6-11H,4-5H2,1-3H3,(H,21,23). The molecule has 0 saturated heterocycles. The average molecular weight is 2160 g/mol. The number of ketones is 5. The molecule has 5 amide bonds. The molecule has 10 rings (SSSR count). The number of halogens is 6. The number of amides is 5. The maximum absolute atomic E-state index is 14.0. The molecule has 0 radical (unpaired) electrons. The summed E-state index contributed by atoms with van der Waals surface area (Å²) < 4.78 is 74.3. The number of nitrogens with one attached hydrogen (secondary N) is 5. The predicted molar refractivity (Wildman–Crippen MR) is 538 cm³/mol. The Labute approximate surface area is 823 Å². The van der Waals surface area contributed by atoms with Crippen LogP contribution in [-0.4, -0.2) is 127 Å². The van der Waals surface area contributed by atoms with Gasteiger partial charge in [-0.3, -0.25) is 47.9 Å². The van der Waals surface area contributed by atoms with Gasteiger partial charge in [0.15, 0.2) is 28.9 Å². The molecule has 26 nitrogen and oxygen atoms in total. The molecule has 0 aliphatic heterocycles. The highest BCUT2D eigenvalue weighted by Gasteiger charge is 2.25. The molecule has 32 heteroatoms. The van der Waals surface area contributed by atoms with E-state index in [0.29, 0.717) is 174 Å². The number of aryl methyl sites for hydroxylation is 1. The van der Waals surface area contributed by atoms with Crippen LogP contribution >= 0.6 is 79.6 Å². The smallest absolute Gasteiger partial charge is 0.255 e. The number of ether oxygens (including phenoxy) is 10.